The van der Waals surface area contributed by atoms with Crippen molar-refractivity contribution in [2.24, 2.45) is 0 Å². The molecule has 0 fully saturated rings. The predicted molar refractivity (Wildman–Crippen MR) is 83.8 cm³/mol. The third-order valence-electron chi connectivity index (χ3n) is 2.56. The molecule has 4 nitrogen and oxygen atoms in total. The molecule has 0 saturated heterocycles. The molecule has 2 aromatic rings. The first-order valence-electron chi connectivity index (χ1n) is 6.45. The normalized spacial score (nSPS) is 9.62. The van der Waals surface area contributed by atoms with Crippen LogP contribution in [0.4, 0.5) is 5.69 Å². The van der Waals surface area contributed by atoms with Crippen molar-refractivity contribution in [3.8, 4) is 17.6 Å². The number of amides is 1. The van der Waals surface area contributed by atoms with Crippen LogP contribution in [0, 0.1) is 11.8 Å². The van der Waals surface area contributed by atoms with Gasteiger partial charge in [0.05, 0.1) is 17.0 Å². The van der Waals surface area contributed by atoms with Crippen LogP contribution in [0.5, 0.6) is 5.75 Å². The second kappa shape index (κ2) is 7.48. The first-order chi connectivity index (χ1) is 10.2. The molecule has 2 N–H and O–H groups in total. The number of rotatable bonds is 4. The van der Waals surface area contributed by atoms with Crippen LogP contribution in [0.2, 0.25) is 0 Å². The number of thiophene rings is 1. The van der Waals surface area contributed by atoms with Crippen molar-refractivity contribution in [3.63, 3.8) is 0 Å². The smallest absolute Gasteiger partial charge is 0.256 e. The van der Waals surface area contributed by atoms with Gasteiger partial charge in [0.25, 0.3) is 5.91 Å². The van der Waals surface area contributed by atoms with E-state index >= 15 is 0 Å². The third kappa shape index (κ3) is 4.35. The molecule has 0 aliphatic carbocycles. The van der Waals surface area contributed by atoms with Crippen LogP contribution in [0.3, 0.4) is 0 Å². The van der Waals surface area contributed by atoms with E-state index in [1.54, 1.807) is 23.6 Å². The summed E-state index contributed by atoms with van der Waals surface area (Å²) in [6.07, 6.45) is 0. The van der Waals surface area contributed by atoms with Crippen molar-refractivity contribution in [3.05, 3.63) is 46.2 Å². The molecule has 0 atom stereocenters. The second-order valence-corrected chi connectivity index (χ2v) is 4.99. The number of hydrogen-bond acceptors (Lipinski definition) is 4. The van der Waals surface area contributed by atoms with E-state index in [-0.39, 0.29) is 12.5 Å². The van der Waals surface area contributed by atoms with E-state index in [9.17, 15) is 4.79 Å². The van der Waals surface area contributed by atoms with Gasteiger partial charge in [0.15, 0.2) is 0 Å². The fraction of sp³-hybridized carbons (Fsp3) is 0.188. The summed E-state index contributed by atoms with van der Waals surface area (Å²) in [5, 5.41) is 13.2. The van der Waals surface area contributed by atoms with Gasteiger partial charge in [-0.1, -0.05) is 17.9 Å². The summed E-state index contributed by atoms with van der Waals surface area (Å²) in [6.45, 7) is 2.30. The van der Waals surface area contributed by atoms with Crippen LogP contribution in [-0.2, 0) is 0 Å². The van der Waals surface area contributed by atoms with Crippen LogP contribution in [0.15, 0.2) is 35.7 Å². The molecule has 0 unspecified atom stereocenters. The zero-order chi connectivity index (χ0) is 15.1. The number of carbonyl (C=O) groups is 1. The van der Waals surface area contributed by atoms with Gasteiger partial charge in [-0.2, -0.15) is 0 Å². The van der Waals surface area contributed by atoms with Crippen LogP contribution < -0.4 is 10.1 Å². The SMILES string of the molecule is CCOc1cccc(NC(=O)c2csc(C#CCO)c2)c1. The van der Waals surface area contributed by atoms with Gasteiger partial charge in [0.1, 0.15) is 12.4 Å². The number of hydrogen-bond donors (Lipinski definition) is 2. The maximum Gasteiger partial charge on any atom is 0.256 e. The molecule has 5 heteroatoms. The van der Waals surface area contributed by atoms with Gasteiger partial charge in [0.2, 0.25) is 0 Å². The third-order valence-corrected chi connectivity index (χ3v) is 3.40. The lowest BCUT2D eigenvalue weighted by Crippen LogP contribution is -2.10. The van der Waals surface area contributed by atoms with Gasteiger partial charge < -0.3 is 15.2 Å². The van der Waals surface area contributed by atoms with E-state index in [0.29, 0.717) is 17.9 Å². The van der Waals surface area contributed by atoms with E-state index in [1.807, 2.05) is 19.1 Å². The van der Waals surface area contributed by atoms with Crippen LogP contribution in [-0.4, -0.2) is 24.2 Å². The van der Waals surface area contributed by atoms with Gasteiger partial charge in [-0.3, -0.25) is 4.79 Å². The van der Waals surface area contributed by atoms with Gasteiger partial charge in [-0.25, -0.2) is 0 Å². The Balaban J connectivity index is 2.07. The van der Waals surface area contributed by atoms with E-state index < -0.39 is 0 Å². The number of ether oxygens (including phenoxy) is 1. The summed E-state index contributed by atoms with van der Waals surface area (Å²) in [5.41, 5.74) is 1.23. The molecule has 0 aliphatic rings. The molecule has 108 valence electrons. The minimum Gasteiger partial charge on any atom is -0.494 e. The molecule has 1 aromatic heterocycles. The minimum atomic E-state index is -0.197. The van der Waals surface area contributed by atoms with E-state index in [1.165, 1.54) is 11.3 Å². The summed E-state index contributed by atoms with van der Waals surface area (Å²) in [4.78, 5) is 12.9. The Morgan fingerprint density at radius 3 is 3.05 bits per heavy atom. The number of nitrogens with one attached hydrogen (secondary N) is 1. The van der Waals surface area contributed by atoms with Gasteiger partial charge in [-0.15, -0.1) is 11.3 Å². The molecule has 0 aliphatic heterocycles. The van der Waals surface area contributed by atoms with E-state index in [0.717, 1.165) is 10.6 Å². The zero-order valence-corrected chi connectivity index (χ0v) is 12.4. The maximum atomic E-state index is 12.1. The van der Waals surface area contributed by atoms with Crippen molar-refractivity contribution >= 4 is 22.9 Å². The van der Waals surface area contributed by atoms with Crippen LogP contribution in [0.25, 0.3) is 0 Å². The van der Waals surface area contributed by atoms with Crippen LogP contribution >= 0.6 is 11.3 Å². The molecule has 1 amide bonds. The average Bonchev–Trinajstić information content (AvgIpc) is 2.95. The second-order valence-electron chi connectivity index (χ2n) is 4.07. The quantitative estimate of drug-likeness (QED) is 0.854. The fourth-order valence-corrected chi connectivity index (χ4v) is 2.44. The Kier molecular flexibility index (Phi) is 5.38. The first-order valence-corrected chi connectivity index (χ1v) is 7.33. The number of anilines is 1. The van der Waals surface area contributed by atoms with E-state index in [2.05, 4.69) is 17.2 Å². The number of carbonyl (C=O) groups excluding carboxylic acids is 1. The van der Waals surface area contributed by atoms with Crippen molar-refractivity contribution in [2.75, 3.05) is 18.5 Å². The Bertz CT molecular complexity index is 682. The average molecular weight is 301 g/mol. The van der Waals surface area contributed by atoms with Gasteiger partial charge in [-0.05, 0) is 25.1 Å². The molecule has 0 spiro atoms. The Labute approximate surface area is 127 Å². The molecule has 1 heterocycles. The standard InChI is InChI=1S/C16H15NO3S/c1-2-20-14-6-3-5-13(10-14)17-16(19)12-9-15(21-11-12)7-4-8-18/h3,5-6,9-11,18H,2,8H2,1H3,(H,17,19). The van der Waals surface area contributed by atoms with Crippen LogP contribution in [0.1, 0.15) is 22.2 Å². The highest BCUT2D eigenvalue weighted by atomic mass is 32.1. The highest BCUT2D eigenvalue weighted by molar-refractivity contribution is 7.10. The minimum absolute atomic E-state index is 0.191. The Morgan fingerprint density at radius 2 is 2.29 bits per heavy atom. The molecule has 0 bridgehead atoms. The zero-order valence-electron chi connectivity index (χ0n) is 11.6. The summed E-state index contributed by atoms with van der Waals surface area (Å²) in [7, 11) is 0. The molecule has 0 radical (unpaired) electrons. The maximum absolute atomic E-state index is 12.1. The van der Waals surface area contributed by atoms with Crippen molar-refractivity contribution < 1.29 is 14.6 Å². The molecule has 0 saturated carbocycles. The Morgan fingerprint density at radius 1 is 1.43 bits per heavy atom. The lowest BCUT2D eigenvalue weighted by atomic mass is 10.2. The van der Waals surface area contributed by atoms with Gasteiger partial charge >= 0.3 is 0 Å². The molecule has 2 rings (SSSR count). The Hall–Kier alpha value is -2.29. The fourth-order valence-electron chi connectivity index (χ4n) is 1.68. The molecule has 21 heavy (non-hydrogen) atoms. The number of aliphatic hydroxyl groups excluding tert-OH is 1. The lowest BCUT2D eigenvalue weighted by Gasteiger charge is -2.07. The molecule has 1 aromatic carbocycles. The van der Waals surface area contributed by atoms with Crippen molar-refractivity contribution in [1.82, 2.24) is 0 Å². The summed E-state index contributed by atoms with van der Waals surface area (Å²) < 4.78 is 5.39. The topological polar surface area (TPSA) is 58.6 Å². The highest BCUT2D eigenvalue weighted by Gasteiger charge is 2.08. The van der Waals surface area contributed by atoms with E-state index in [4.69, 9.17) is 9.84 Å². The first kappa shape index (κ1) is 15.1. The molecular weight excluding hydrogens is 286 g/mol. The van der Waals surface area contributed by atoms with Gasteiger partial charge in [0, 0.05) is 17.1 Å². The largest absolute Gasteiger partial charge is 0.494 e. The lowest BCUT2D eigenvalue weighted by molar-refractivity contribution is 0.102. The van der Waals surface area contributed by atoms with Crippen molar-refractivity contribution in [1.29, 1.82) is 0 Å². The predicted octanol–water partition coefficient (Wildman–Crippen LogP) is 2.74. The highest BCUT2D eigenvalue weighted by Crippen LogP contribution is 2.19. The molecular formula is C16H15NO3S. The summed E-state index contributed by atoms with van der Waals surface area (Å²) >= 11 is 1.37. The van der Waals surface area contributed by atoms with Crippen molar-refractivity contribution in [2.45, 2.75) is 6.92 Å². The summed E-state index contributed by atoms with van der Waals surface area (Å²) in [5.74, 6) is 5.85. The number of benzene rings is 1. The summed E-state index contributed by atoms with van der Waals surface area (Å²) in [6, 6.07) is 8.95. The monoisotopic (exact) mass is 301 g/mol. The number of aliphatic hydroxyl groups is 1.